The standard InChI is InChI=1S/C12H22N4S/c1-3-13-12-11(14-15-17-12)9-16(4-2)10-7-5-6-8-10/h10,13H,3-9H2,1-2H3. The minimum atomic E-state index is 0.760. The Morgan fingerprint density at radius 3 is 2.76 bits per heavy atom. The van der Waals surface area contributed by atoms with E-state index in [4.69, 9.17) is 0 Å². The minimum absolute atomic E-state index is 0.760. The van der Waals surface area contributed by atoms with Gasteiger partial charge in [-0.2, -0.15) is 0 Å². The van der Waals surface area contributed by atoms with Crippen LogP contribution in [0.15, 0.2) is 0 Å². The largest absolute Gasteiger partial charge is 0.374 e. The van der Waals surface area contributed by atoms with Gasteiger partial charge in [0.15, 0.2) is 0 Å². The van der Waals surface area contributed by atoms with Gasteiger partial charge in [-0.1, -0.05) is 24.3 Å². The first-order valence-corrected chi connectivity index (χ1v) is 7.41. The summed E-state index contributed by atoms with van der Waals surface area (Å²) in [5.74, 6) is 0. The molecule has 1 aromatic rings. The molecule has 1 aliphatic carbocycles. The highest BCUT2D eigenvalue weighted by Crippen LogP contribution is 2.26. The van der Waals surface area contributed by atoms with Crippen molar-refractivity contribution in [2.75, 3.05) is 18.4 Å². The zero-order valence-corrected chi connectivity index (χ0v) is 11.6. The fraction of sp³-hybridized carbons (Fsp3) is 0.833. The predicted octanol–water partition coefficient (Wildman–Crippen LogP) is 2.73. The molecule has 0 aliphatic heterocycles. The molecular weight excluding hydrogens is 232 g/mol. The highest BCUT2D eigenvalue weighted by atomic mass is 32.1. The maximum Gasteiger partial charge on any atom is 0.134 e. The molecule has 1 aromatic heterocycles. The zero-order valence-electron chi connectivity index (χ0n) is 10.8. The van der Waals surface area contributed by atoms with Gasteiger partial charge in [0.2, 0.25) is 0 Å². The lowest BCUT2D eigenvalue weighted by atomic mass is 10.2. The first kappa shape index (κ1) is 12.8. The molecule has 4 nitrogen and oxygen atoms in total. The molecule has 1 fully saturated rings. The molecular formula is C12H22N4S. The molecule has 0 atom stereocenters. The Kier molecular flexibility index (Phi) is 4.74. The van der Waals surface area contributed by atoms with Gasteiger partial charge in [-0.25, -0.2) is 0 Å². The lowest BCUT2D eigenvalue weighted by Gasteiger charge is -2.26. The molecule has 17 heavy (non-hydrogen) atoms. The molecule has 1 aliphatic rings. The third kappa shape index (κ3) is 3.16. The van der Waals surface area contributed by atoms with Crippen LogP contribution >= 0.6 is 11.5 Å². The van der Waals surface area contributed by atoms with E-state index in [0.717, 1.165) is 36.4 Å². The van der Waals surface area contributed by atoms with Crippen molar-refractivity contribution in [3.8, 4) is 0 Å². The summed E-state index contributed by atoms with van der Waals surface area (Å²) < 4.78 is 4.06. The summed E-state index contributed by atoms with van der Waals surface area (Å²) in [4.78, 5) is 2.55. The summed E-state index contributed by atoms with van der Waals surface area (Å²) >= 11 is 1.47. The predicted molar refractivity (Wildman–Crippen MR) is 72.4 cm³/mol. The van der Waals surface area contributed by atoms with E-state index in [1.807, 2.05) is 0 Å². The number of anilines is 1. The maximum atomic E-state index is 4.26. The highest BCUT2D eigenvalue weighted by Gasteiger charge is 2.23. The SMILES string of the molecule is CCNc1snnc1CN(CC)C1CCCC1. The summed E-state index contributed by atoms with van der Waals surface area (Å²) in [6.45, 7) is 7.34. The van der Waals surface area contributed by atoms with Crippen LogP contribution in [0.25, 0.3) is 0 Å². The van der Waals surface area contributed by atoms with Gasteiger partial charge in [-0.3, -0.25) is 4.90 Å². The summed E-state index contributed by atoms with van der Waals surface area (Å²) in [7, 11) is 0. The summed E-state index contributed by atoms with van der Waals surface area (Å²) in [5, 5.41) is 8.74. The van der Waals surface area contributed by atoms with E-state index in [2.05, 4.69) is 33.7 Å². The molecule has 0 bridgehead atoms. The van der Waals surface area contributed by atoms with Crippen molar-refractivity contribution in [2.24, 2.45) is 0 Å². The molecule has 5 heteroatoms. The van der Waals surface area contributed by atoms with Crippen molar-refractivity contribution in [2.45, 2.75) is 52.1 Å². The number of hydrogen-bond acceptors (Lipinski definition) is 5. The van der Waals surface area contributed by atoms with Gasteiger partial charge >= 0.3 is 0 Å². The van der Waals surface area contributed by atoms with Crippen LogP contribution in [0.5, 0.6) is 0 Å². The normalized spacial score (nSPS) is 16.9. The van der Waals surface area contributed by atoms with Crippen LogP contribution in [0.4, 0.5) is 5.00 Å². The van der Waals surface area contributed by atoms with Gasteiger partial charge in [-0.05, 0) is 26.3 Å². The monoisotopic (exact) mass is 254 g/mol. The topological polar surface area (TPSA) is 41.1 Å². The molecule has 1 N–H and O–H groups in total. The van der Waals surface area contributed by atoms with E-state index in [0.29, 0.717) is 0 Å². The Bertz CT molecular complexity index is 333. The Morgan fingerprint density at radius 2 is 2.12 bits per heavy atom. The summed E-state index contributed by atoms with van der Waals surface area (Å²) in [5.41, 5.74) is 1.12. The Morgan fingerprint density at radius 1 is 1.35 bits per heavy atom. The van der Waals surface area contributed by atoms with E-state index in [-0.39, 0.29) is 0 Å². The van der Waals surface area contributed by atoms with Gasteiger partial charge < -0.3 is 5.32 Å². The molecule has 0 amide bonds. The third-order valence-corrected chi connectivity index (χ3v) is 4.22. The first-order chi connectivity index (χ1) is 8.35. The van der Waals surface area contributed by atoms with Gasteiger partial charge in [0.05, 0.1) is 0 Å². The number of aromatic nitrogens is 2. The molecule has 0 spiro atoms. The number of nitrogens with zero attached hydrogens (tertiary/aromatic N) is 3. The summed E-state index contributed by atoms with van der Waals surface area (Å²) in [6, 6.07) is 0.760. The van der Waals surface area contributed by atoms with E-state index in [1.54, 1.807) is 0 Å². The average molecular weight is 254 g/mol. The fourth-order valence-electron chi connectivity index (χ4n) is 2.57. The smallest absolute Gasteiger partial charge is 0.134 e. The van der Waals surface area contributed by atoms with Crippen molar-refractivity contribution >= 4 is 16.5 Å². The van der Waals surface area contributed by atoms with Crippen LogP contribution in [0.3, 0.4) is 0 Å². The van der Waals surface area contributed by atoms with Crippen molar-refractivity contribution in [1.29, 1.82) is 0 Å². The zero-order chi connectivity index (χ0) is 12.1. The van der Waals surface area contributed by atoms with Crippen LogP contribution in [-0.2, 0) is 6.54 Å². The van der Waals surface area contributed by atoms with Crippen LogP contribution in [-0.4, -0.2) is 33.6 Å². The Balaban J connectivity index is 1.99. The molecule has 0 aromatic carbocycles. The van der Waals surface area contributed by atoms with Crippen LogP contribution in [0.1, 0.15) is 45.2 Å². The second-order valence-corrected chi connectivity index (χ2v) is 5.33. The van der Waals surface area contributed by atoms with E-state index < -0.39 is 0 Å². The van der Waals surface area contributed by atoms with Crippen molar-refractivity contribution in [1.82, 2.24) is 14.5 Å². The molecule has 96 valence electrons. The molecule has 1 saturated carbocycles. The van der Waals surface area contributed by atoms with Crippen LogP contribution in [0, 0.1) is 0 Å². The molecule has 1 heterocycles. The van der Waals surface area contributed by atoms with E-state index in [9.17, 15) is 0 Å². The van der Waals surface area contributed by atoms with Crippen LogP contribution in [0.2, 0.25) is 0 Å². The van der Waals surface area contributed by atoms with Crippen LogP contribution < -0.4 is 5.32 Å². The van der Waals surface area contributed by atoms with Gasteiger partial charge in [0, 0.05) is 30.7 Å². The average Bonchev–Trinajstić information content (AvgIpc) is 2.97. The molecule has 2 rings (SSSR count). The number of hydrogen-bond donors (Lipinski definition) is 1. The van der Waals surface area contributed by atoms with Gasteiger partial charge in [-0.15, -0.1) is 5.10 Å². The lowest BCUT2D eigenvalue weighted by molar-refractivity contribution is 0.198. The lowest BCUT2D eigenvalue weighted by Crippen LogP contribution is -2.32. The Labute approximate surface area is 108 Å². The third-order valence-electron chi connectivity index (χ3n) is 3.49. The van der Waals surface area contributed by atoms with Gasteiger partial charge in [0.1, 0.15) is 10.7 Å². The second kappa shape index (κ2) is 6.31. The molecule has 0 saturated heterocycles. The van der Waals surface area contributed by atoms with Crippen molar-refractivity contribution in [3.05, 3.63) is 5.69 Å². The number of nitrogens with one attached hydrogen (secondary N) is 1. The highest BCUT2D eigenvalue weighted by molar-refractivity contribution is 7.10. The summed E-state index contributed by atoms with van der Waals surface area (Å²) in [6.07, 6.45) is 5.47. The van der Waals surface area contributed by atoms with Crippen molar-refractivity contribution < 1.29 is 0 Å². The Hall–Kier alpha value is -0.680. The quantitative estimate of drug-likeness (QED) is 0.847. The maximum absolute atomic E-state index is 4.26. The van der Waals surface area contributed by atoms with Crippen molar-refractivity contribution in [3.63, 3.8) is 0 Å². The number of rotatable bonds is 6. The molecule has 0 radical (unpaired) electrons. The van der Waals surface area contributed by atoms with E-state index >= 15 is 0 Å². The second-order valence-electron chi connectivity index (χ2n) is 4.58. The first-order valence-electron chi connectivity index (χ1n) is 6.64. The van der Waals surface area contributed by atoms with Gasteiger partial charge in [0.25, 0.3) is 0 Å². The minimum Gasteiger partial charge on any atom is -0.374 e. The fourth-order valence-corrected chi connectivity index (χ4v) is 3.21. The molecule has 0 unspecified atom stereocenters. The van der Waals surface area contributed by atoms with E-state index in [1.165, 1.54) is 37.2 Å².